The summed E-state index contributed by atoms with van der Waals surface area (Å²) < 4.78 is 47.7. The number of thiazole rings is 1. The Hall–Kier alpha value is -3.02. The molecule has 4 rings (SSSR count). The number of ether oxygens (including phenoxy) is 1. The van der Waals surface area contributed by atoms with Gasteiger partial charge in [-0.1, -0.05) is 34.8 Å². The van der Waals surface area contributed by atoms with Crippen LogP contribution in [0.5, 0.6) is 5.75 Å². The predicted molar refractivity (Wildman–Crippen MR) is 125 cm³/mol. The smallest absolute Gasteiger partial charge is 0.322 e. The lowest BCUT2D eigenvalue weighted by Crippen LogP contribution is -2.36. The molecule has 1 aliphatic heterocycles. The van der Waals surface area contributed by atoms with Gasteiger partial charge in [-0.2, -0.15) is 8.42 Å². The average Bonchev–Trinajstić information content (AvgIpc) is 3.45. The van der Waals surface area contributed by atoms with Gasteiger partial charge in [-0.25, -0.2) is 9.37 Å². The molecule has 180 valence electrons. The molecule has 1 aliphatic rings. The van der Waals surface area contributed by atoms with Crippen molar-refractivity contribution in [3.63, 3.8) is 0 Å². The summed E-state index contributed by atoms with van der Waals surface area (Å²) in [6.45, 7) is 5.80. The van der Waals surface area contributed by atoms with E-state index in [0.717, 1.165) is 36.9 Å². The lowest BCUT2D eigenvalue weighted by Gasteiger charge is -2.28. The summed E-state index contributed by atoms with van der Waals surface area (Å²) >= 11 is 1.10. The molecule has 1 saturated heterocycles. The maximum Gasteiger partial charge on any atom is 0.322 e. The number of hydrogen-bond donors (Lipinski definition) is 0. The van der Waals surface area contributed by atoms with Crippen LogP contribution in [-0.2, 0) is 26.2 Å². The quantitative estimate of drug-likeness (QED) is 0.322. The summed E-state index contributed by atoms with van der Waals surface area (Å²) in [4.78, 5) is 21.0. The van der Waals surface area contributed by atoms with Crippen molar-refractivity contribution in [3.8, 4) is 5.75 Å². The second-order valence-electron chi connectivity index (χ2n) is 8.33. The molecule has 0 N–H and O–H groups in total. The molecular formula is C23H24FN3O5S2. The number of carbonyl (C=O) groups is 1. The van der Waals surface area contributed by atoms with Gasteiger partial charge in [-0.15, -0.1) is 11.3 Å². The van der Waals surface area contributed by atoms with E-state index in [2.05, 4.69) is 26.9 Å². The summed E-state index contributed by atoms with van der Waals surface area (Å²) in [5.41, 5.74) is 2.45. The number of sulfonamides is 1. The number of likely N-dealkylation sites (tertiary alicyclic amines) is 1. The van der Waals surface area contributed by atoms with E-state index in [0.29, 0.717) is 16.6 Å². The maximum atomic E-state index is 15.1. The third-order valence-electron chi connectivity index (χ3n) is 5.59. The molecule has 0 spiro atoms. The second kappa shape index (κ2) is 9.69. The number of aryl methyl sites for hydroxylation is 1. The van der Waals surface area contributed by atoms with Crippen LogP contribution in [-0.4, -0.2) is 43.5 Å². The minimum absolute atomic E-state index is 0.0543. The van der Waals surface area contributed by atoms with Crippen molar-refractivity contribution in [1.29, 1.82) is 0 Å². The number of aromatic nitrogens is 1. The Kier molecular flexibility index (Phi) is 6.87. The van der Waals surface area contributed by atoms with Crippen LogP contribution in [0, 0.1) is 12.7 Å². The van der Waals surface area contributed by atoms with Crippen molar-refractivity contribution in [2.24, 2.45) is 0 Å². The van der Waals surface area contributed by atoms with E-state index >= 15 is 4.39 Å². The van der Waals surface area contributed by atoms with E-state index in [1.807, 2.05) is 25.1 Å². The van der Waals surface area contributed by atoms with E-state index in [1.165, 1.54) is 22.5 Å². The Morgan fingerprint density at radius 2 is 2.06 bits per heavy atom. The highest BCUT2D eigenvalue weighted by Gasteiger charge is 2.37. The molecule has 8 nitrogen and oxygen atoms in total. The topological polar surface area (TPSA) is 89.0 Å². The van der Waals surface area contributed by atoms with Gasteiger partial charge in [0.2, 0.25) is 0 Å². The first-order valence-corrected chi connectivity index (χ1v) is 12.9. The highest BCUT2D eigenvalue weighted by molar-refractivity contribution is 7.92. The molecule has 2 aromatic carbocycles. The van der Waals surface area contributed by atoms with Gasteiger partial charge in [0.05, 0.1) is 5.51 Å². The standard InChI is InChI=1S/C23H24FN3O5S2/c1-17-10-21(34(29,30)27(31-16-28)22-13-33-15-25-22)19(24)11-20(17)32-23(2)8-9-26(14-23)12-18-6-4-3-5-7-18/h3-7,10-11,13,15-16H,8-9,12,14H2,1-2H3/t23-/m0/s1. The molecule has 0 amide bonds. The Balaban J connectivity index is 1.54. The van der Waals surface area contributed by atoms with Crippen molar-refractivity contribution in [2.75, 3.05) is 17.6 Å². The fraction of sp³-hybridized carbons (Fsp3) is 0.304. The highest BCUT2D eigenvalue weighted by atomic mass is 32.2. The molecule has 1 atom stereocenters. The molecule has 3 aromatic rings. The molecule has 0 unspecified atom stereocenters. The minimum atomic E-state index is -4.56. The molecular weight excluding hydrogens is 481 g/mol. The third-order valence-corrected chi connectivity index (χ3v) is 7.74. The van der Waals surface area contributed by atoms with Crippen LogP contribution < -0.4 is 9.21 Å². The van der Waals surface area contributed by atoms with Crippen LogP contribution in [0.15, 0.2) is 58.3 Å². The minimum Gasteiger partial charge on any atom is -0.486 e. The fourth-order valence-electron chi connectivity index (χ4n) is 3.95. The fourth-order valence-corrected chi connectivity index (χ4v) is 5.83. The van der Waals surface area contributed by atoms with E-state index in [9.17, 15) is 13.2 Å². The summed E-state index contributed by atoms with van der Waals surface area (Å²) in [5, 5.41) is 1.37. The normalized spacial score (nSPS) is 18.6. The Morgan fingerprint density at radius 1 is 1.29 bits per heavy atom. The Bertz CT molecular complexity index is 1260. The summed E-state index contributed by atoms with van der Waals surface area (Å²) in [7, 11) is -4.56. The van der Waals surface area contributed by atoms with Crippen LogP contribution in [0.2, 0.25) is 0 Å². The first-order valence-electron chi connectivity index (χ1n) is 10.5. The number of halogens is 1. The van der Waals surface area contributed by atoms with Crippen LogP contribution >= 0.6 is 11.3 Å². The molecule has 0 aliphatic carbocycles. The average molecular weight is 506 g/mol. The summed E-state index contributed by atoms with van der Waals surface area (Å²) in [6, 6.07) is 12.3. The van der Waals surface area contributed by atoms with Crippen LogP contribution in [0.3, 0.4) is 0 Å². The highest BCUT2D eigenvalue weighted by Crippen LogP contribution is 2.34. The summed E-state index contributed by atoms with van der Waals surface area (Å²) in [5.74, 6) is -0.901. The van der Waals surface area contributed by atoms with E-state index in [1.54, 1.807) is 6.92 Å². The van der Waals surface area contributed by atoms with E-state index in [4.69, 9.17) is 4.74 Å². The number of hydrogen-bond acceptors (Lipinski definition) is 8. The molecule has 0 bridgehead atoms. The van der Waals surface area contributed by atoms with E-state index in [-0.39, 0.29) is 18.0 Å². The van der Waals surface area contributed by atoms with Gasteiger partial charge in [0, 0.05) is 37.5 Å². The summed E-state index contributed by atoms with van der Waals surface area (Å²) in [6.07, 6.45) is 0.742. The van der Waals surface area contributed by atoms with Crippen molar-refractivity contribution in [3.05, 3.63) is 70.3 Å². The van der Waals surface area contributed by atoms with Crippen LogP contribution in [0.1, 0.15) is 24.5 Å². The van der Waals surface area contributed by atoms with Crippen LogP contribution in [0.25, 0.3) is 0 Å². The second-order valence-corrected chi connectivity index (χ2v) is 10.8. The monoisotopic (exact) mass is 505 g/mol. The first-order chi connectivity index (χ1) is 16.2. The first kappa shape index (κ1) is 24.1. The van der Waals surface area contributed by atoms with Crippen molar-refractivity contribution < 1.29 is 27.2 Å². The number of nitrogens with zero attached hydrogens (tertiary/aromatic N) is 3. The lowest BCUT2D eigenvalue weighted by atomic mass is 10.1. The van der Waals surface area contributed by atoms with Gasteiger partial charge in [-0.05, 0) is 31.0 Å². The van der Waals surface area contributed by atoms with Gasteiger partial charge in [0.25, 0.3) is 10.0 Å². The molecule has 0 radical (unpaired) electrons. The lowest BCUT2D eigenvalue weighted by molar-refractivity contribution is -0.128. The van der Waals surface area contributed by atoms with E-state index < -0.39 is 26.3 Å². The molecule has 0 saturated carbocycles. The van der Waals surface area contributed by atoms with Crippen molar-refractivity contribution >= 4 is 33.7 Å². The van der Waals surface area contributed by atoms with Gasteiger partial charge >= 0.3 is 6.47 Å². The number of anilines is 1. The zero-order chi connectivity index (χ0) is 24.3. The Morgan fingerprint density at radius 3 is 2.74 bits per heavy atom. The van der Waals surface area contributed by atoms with Crippen LogP contribution in [0.4, 0.5) is 10.2 Å². The number of carbonyl (C=O) groups excluding carboxylic acids is 1. The number of benzene rings is 2. The van der Waals surface area contributed by atoms with Gasteiger partial charge in [-0.3, -0.25) is 9.69 Å². The maximum absolute atomic E-state index is 15.1. The SMILES string of the molecule is Cc1cc(S(=O)(=O)N(OC=O)c2cscn2)c(F)cc1O[C@@]1(C)CCN(Cc2ccccc2)C1. The zero-order valence-electron chi connectivity index (χ0n) is 18.7. The largest absolute Gasteiger partial charge is 0.486 e. The molecule has 1 aromatic heterocycles. The third kappa shape index (κ3) is 5.06. The van der Waals surface area contributed by atoms with Crippen molar-refractivity contribution in [2.45, 2.75) is 37.3 Å². The van der Waals surface area contributed by atoms with Gasteiger partial charge in [0.15, 0.2) is 5.82 Å². The molecule has 2 heterocycles. The Labute approximate surface area is 201 Å². The van der Waals surface area contributed by atoms with Crippen molar-refractivity contribution in [1.82, 2.24) is 9.88 Å². The predicted octanol–water partition coefficient (Wildman–Crippen LogP) is 3.92. The number of rotatable bonds is 9. The zero-order valence-corrected chi connectivity index (χ0v) is 20.3. The molecule has 1 fully saturated rings. The molecule has 11 heteroatoms. The molecule has 34 heavy (non-hydrogen) atoms. The van der Waals surface area contributed by atoms with Gasteiger partial charge < -0.3 is 9.57 Å². The van der Waals surface area contributed by atoms with Gasteiger partial charge in [0.1, 0.15) is 22.1 Å².